The average molecular weight is 245 g/mol. The Bertz CT molecular complexity index is 149. The highest BCUT2D eigenvalue weighted by Gasteiger charge is 2.36. The maximum atomic E-state index is 3.25. The van der Waals surface area contributed by atoms with Gasteiger partial charge in [0.25, 0.3) is 0 Å². The summed E-state index contributed by atoms with van der Waals surface area (Å²) in [5, 5.41) is 0. The highest BCUT2D eigenvalue weighted by atomic mass is 28.3. The van der Waals surface area contributed by atoms with Gasteiger partial charge in [-0.05, 0) is 10.8 Å². The molecule has 0 fully saturated rings. The van der Waals surface area contributed by atoms with Crippen molar-refractivity contribution >= 4 is 20.0 Å². The van der Waals surface area contributed by atoms with E-state index in [-0.39, 0.29) is 11.0 Å². The summed E-state index contributed by atoms with van der Waals surface area (Å²) in [6.07, 6.45) is 0. The third-order valence-electron chi connectivity index (χ3n) is 2.03. The van der Waals surface area contributed by atoms with Crippen molar-refractivity contribution in [1.82, 2.24) is 0 Å². The van der Waals surface area contributed by atoms with Crippen LogP contribution in [-0.4, -0.2) is 34.2 Å². The number of rotatable bonds is 3. The fraction of sp³-hybridized carbons (Fsp3) is 1.00. The summed E-state index contributed by atoms with van der Waals surface area (Å²) in [5.74, 6) is 0. The fourth-order valence-electron chi connectivity index (χ4n) is 1.53. The molecule has 0 aliphatic rings. The molecule has 3 heteroatoms. The summed E-state index contributed by atoms with van der Waals surface area (Å²) in [6, 6.07) is 2.68. The van der Waals surface area contributed by atoms with E-state index in [2.05, 4.69) is 59.8 Å². The lowest BCUT2D eigenvalue weighted by molar-refractivity contribution is 0.105. The Balaban J connectivity index is 0. The van der Waals surface area contributed by atoms with E-state index in [4.69, 9.17) is 0 Å². The van der Waals surface area contributed by atoms with Crippen LogP contribution in [0.2, 0.25) is 12.1 Å². The molecule has 1 nitrogen and oxygen atoms in total. The van der Waals surface area contributed by atoms with E-state index in [1.165, 1.54) is 12.1 Å². The summed E-state index contributed by atoms with van der Waals surface area (Å²) in [5.41, 5.74) is 0.910. The van der Waals surface area contributed by atoms with Crippen molar-refractivity contribution in [3.05, 3.63) is 0 Å². The Morgan fingerprint density at radius 3 is 1.20 bits per heavy atom. The van der Waals surface area contributed by atoms with Gasteiger partial charge in [-0.25, -0.2) is 0 Å². The first-order valence-corrected chi connectivity index (χ1v) is 7.26. The van der Waals surface area contributed by atoms with Crippen LogP contribution in [0, 0.1) is 10.8 Å². The molecule has 0 rings (SSSR count). The molecule has 0 saturated carbocycles. The van der Waals surface area contributed by atoms with Crippen LogP contribution in [-0.2, 0) is 4.06 Å². The van der Waals surface area contributed by atoms with Crippen molar-refractivity contribution in [2.75, 3.05) is 14.2 Å². The maximum absolute atomic E-state index is 3.25. The molecular formula is C12H28OSi2. The zero-order chi connectivity index (χ0) is 11.6. The molecule has 0 N–H and O–H groups in total. The van der Waals surface area contributed by atoms with Crippen molar-refractivity contribution in [2.45, 2.75) is 53.6 Å². The van der Waals surface area contributed by atoms with E-state index in [1.807, 2.05) is 0 Å². The predicted molar refractivity (Wildman–Crippen MR) is 73.0 cm³/mol. The molecule has 0 heterocycles. The van der Waals surface area contributed by atoms with Crippen molar-refractivity contribution in [2.24, 2.45) is 10.8 Å². The van der Waals surface area contributed by atoms with E-state index in [9.17, 15) is 0 Å². The van der Waals surface area contributed by atoms with Gasteiger partial charge in [-0.15, -0.1) is 0 Å². The van der Waals surface area contributed by atoms with Gasteiger partial charge >= 0.3 is 9.04 Å². The monoisotopic (exact) mass is 244 g/mol. The lowest BCUT2D eigenvalue weighted by Gasteiger charge is -2.28. The SMILES string of the molecule is C[O+](C)[Si](CC(C)(C)C)CC(C)(C)C.[Si-]. The molecule has 0 atom stereocenters. The molecule has 15 heavy (non-hydrogen) atoms. The Morgan fingerprint density at radius 1 is 0.800 bits per heavy atom. The molecule has 4 radical (unpaired) electrons. The van der Waals surface area contributed by atoms with Crippen LogP contribution < -0.4 is 0 Å². The topological polar surface area (TPSA) is 2.70 Å². The second-order valence-corrected chi connectivity index (χ2v) is 9.43. The summed E-state index contributed by atoms with van der Waals surface area (Å²) >= 11 is 0. The van der Waals surface area contributed by atoms with E-state index < -0.39 is 9.04 Å². The van der Waals surface area contributed by atoms with Gasteiger partial charge in [0.05, 0.1) is 0 Å². The van der Waals surface area contributed by atoms with Crippen LogP contribution in [0.1, 0.15) is 41.5 Å². The van der Waals surface area contributed by atoms with Crippen molar-refractivity contribution in [3.8, 4) is 0 Å². The standard InChI is InChI=1S/C12H28OSi.Si/c1-11(2,3)9-14(13(7)8)10-12(4,5)6;/h9-10H2,1-8H3;/q+1;-1. The molecule has 0 spiro atoms. The number of hydrogen-bond acceptors (Lipinski definition) is 0. The molecule has 0 amide bonds. The summed E-state index contributed by atoms with van der Waals surface area (Å²) < 4.78 is 3.25. The van der Waals surface area contributed by atoms with Gasteiger partial charge in [0.1, 0.15) is 14.2 Å². The molecule has 0 aromatic rings. The Hall–Kier alpha value is 0.394. The van der Waals surface area contributed by atoms with E-state index in [0.29, 0.717) is 10.8 Å². The summed E-state index contributed by atoms with van der Waals surface area (Å²) in [7, 11) is 3.89. The molecular weight excluding hydrogens is 216 g/mol. The lowest BCUT2D eigenvalue weighted by atomic mass is 10.00. The van der Waals surface area contributed by atoms with Crippen molar-refractivity contribution in [3.63, 3.8) is 0 Å². The highest BCUT2D eigenvalue weighted by molar-refractivity contribution is 6.53. The summed E-state index contributed by atoms with van der Waals surface area (Å²) in [4.78, 5) is 0. The number of hydrogen-bond donors (Lipinski definition) is 0. The first-order chi connectivity index (χ1) is 6.01. The average Bonchev–Trinajstić information content (AvgIpc) is 1.78. The van der Waals surface area contributed by atoms with Crippen LogP contribution in [0.15, 0.2) is 0 Å². The van der Waals surface area contributed by atoms with Gasteiger partial charge in [0, 0.05) is 12.1 Å². The predicted octanol–water partition coefficient (Wildman–Crippen LogP) is 3.50. The van der Waals surface area contributed by atoms with Crippen LogP contribution in [0.4, 0.5) is 0 Å². The molecule has 0 bridgehead atoms. The van der Waals surface area contributed by atoms with E-state index in [0.717, 1.165) is 0 Å². The minimum atomic E-state index is -0.426. The minimum Gasteiger partial charge on any atom is -1.00 e. The Labute approximate surface area is 103 Å². The van der Waals surface area contributed by atoms with Crippen LogP contribution >= 0.6 is 0 Å². The highest BCUT2D eigenvalue weighted by Crippen LogP contribution is 2.31. The van der Waals surface area contributed by atoms with Crippen molar-refractivity contribution in [1.29, 1.82) is 0 Å². The first kappa shape index (κ1) is 17.8. The molecule has 90 valence electrons. The molecule has 0 aromatic heterocycles. The van der Waals surface area contributed by atoms with Crippen LogP contribution in [0.3, 0.4) is 0 Å². The molecule has 0 unspecified atom stereocenters. The lowest BCUT2D eigenvalue weighted by Crippen LogP contribution is -2.33. The summed E-state index contributed by atoms with van der Waals surface area (Å²) in [6.45, 7) is 14.0. The van der Waals surface area contributed by atoms with Gasteiger partial charge < -0.3 is 15.0 Å². The van der Waals surface area contributed by atoms with Crippen LogP contribution in [0.5, 0.6) is 0 Å². The van der Waals surface area contributed by atoms with E-state index >= 15 is 0 Å². The zero-order valence-corrected chi connectivity index (χ0v) is 13.8. The second kappa shape index (κ2) is 6.21. The van der Waals surface area contributed by atoms with Crippen molar-refractivity contribution < 1.29 is 4.06 Å². The molecule has 0 saturated heterocycles. The Kier molecular flexibility index (Phi) is 7.36. The van der Waals surface area contributed by atoms with Gasteiger partial charge in [0.2, 0.25) is 0 Å². The minimum absolute atomic E-state index is 0. The third kappa shape index (κ3) is 10.7. The van der Waals surface area contributed by atoms with Crippen LogP contribution in [0.25, 0.3) is 0 Å². The van der Waals surface area contributed by atoms with Gasteiger partial charge in [0.15, 0.2) is 0 Å². The largest absolute Gasteiger partial charge is 1.00 e. The van der Waals surface area contributed by atoms with Gasteiger partial charge in [-0.3, -0.25) is 0 Å². The van der Waals surface area contributed by atoms with Gasteiger partial charge in [-0.1, -0.05) is 41.5 Å². The first-order valence-electron chi connectivity index (χ1n) is 5.43. The fourth-order valence-corrected chi connectivity index (χ4v) is 4.60. The van der Waals surface area contributed by atoms with Gasteiger partial charge in [-0.2, -0.15) is 0 Å². The maximum Gasteiger partial charge on any atom is 0.458 e. The quantitative estimate of drug-likeness (QED) is 0.528. The normalized spacial score (nSPS) is 13.2. The molecule has 0 aliphatic heterocycles. The molecule has 0 aromatic carbocycles. The molecule has 0 aliphatic carbocycles. The third-order valence-corrected chi connectivity index (χ3v) is 6.10. The van der Waals surface area contributed by atoms with E-state index in [1.54, 1.807) is 0 Å². The smallest absolute Gasteiger partial charge is 0.458 e. The zero-order valence-electron chi connectivity index (χ0n) is 11.8. The Morgan fingerprint density at radius 2 is 1.07 bits per heavy atom. The second-order valence-electron chi connectivity index (χ2n) is 6.83.